The first kappa shape index (κ1) is 17.0. The Labute approximate surface area is 147 Å². The van der Waals surface area contributed by atoms with Crippen LogP contribution in [0.15, 0.2) is 36.7 Å². The fourth-order valence-corrected chi connectivity index (χ4v) is 2.86. The van der Waals surface area contributed by atoms with Crippen molar-refractivity contribution < 1.29 is 9.59 Å². The second-order valence-electron chi connectivity index (χ2n) is 6.34. The molecule has 2 aromatic rings. The third kappa shape index (κ3) is 3.96. The molecule has 2 amide bonds. The van der Waals surface area contributed by atoms with Crippen LogP contribution in [0.5, 0.6) is 0 Å². The maximum absolute atomic E-state index is 12.7. The molecule has 6 nitrogen and oxygen atoms in total. The first-order chi connectivity index (χ1) is 12.1. The van der Waals surface area contributed by atoms with Crippen LogP contribution in [-0.2, 0) is 4.79 Å². The highest BCUT2D eigenvalue weighted by Crippen LogP contribution is 2.22. The Morgan fingerprint density at radius 1 is 1.12 bits per heavy atom. The summed E-state index contributed by atoms with van der Waals surface area (Å²) in [4.78, 5) is 31.1. The van der Waals surface area contributed by atoms with Gasteiger partial charge in [-0.05, 0) is 37.1 Å². The molecule has 0 bridgehead atoms. The van der Waals surface area contributed by atoms with E-state index < -0.39 is 0 Å². The molecule has 0 unspecified atom stereocenters. The first-order valence-electron chi connectivity index (χ1n) is 8.35. The summed E-state index contributed by atoms with van der Waals surface area (Å²) >= 11 is 0. The van der Waals surface area contributed by atoms with Gasteiger partial charge >= 0.3 is 0 Å². The van der Waals surface area contributed by atoms with Gasteiger partial charge in [-0.15, -0.1) is 0 Å². The van der Waals surface area contributed by atoms with E-state index in [1.54, 1.807) is 22.2 Å². The number of piperazine rings is 1. The second-order valence-corrected chi connectivity index (χ2v) is 6.34. The highest BCUT2D eigenvalue weighted by molar-refractivity contribution is 5.95. The molecule has 0 saturated carbocycles. The number of hydrogen-bond donors (Lipinski definition) is 1. The Morgan fingerprint density at radius 2 is 1.88 bits per heavy atom. The molecule has 1 aliphatic rings. The number of aryl methyl sites for hydroxylation is 2. The van der Waals surface area contributed by atoms with E-state index in [1.807, 2.05) is 19.9 Å². The molecule has 0 radical (unpaired) electrons. The van der Waals surface area contributed by atoms with Crippen LogP contribution in [0.1, 0.15) is 21.5 Å². The van der Waals surface area contributed by atoms with Gasteiger partial charge in [0, 0.05) is 38.1 Å². The lowest BCUT2D eigenvalue weighted by Crippen LogP contribution is -2.48. The Morgan fingerprint density at radius 3 is 2.60 bits per heavy atom. The molecular formula is C19H22N4O2. The molecule has 0 aliphatic carbocycles. The van der Waals surface area contributed by atoms with Gasteiger partial charge in [-0.2, -0.15) is 0 Å². The van der Waals surface area contributed by atoms with Crippen LogP contribution in [0.25, 0.3) is 0 Å². The number of nitrogens with one attached hydrogen (secondary N) is 1. The summed E-state index contributed by atoms with van der Waals surface area (Å²) < 4.78 is 0. The molecule has 25 heavy (non-hydrogen) atoms. The van der Waals surface area contributed by atoms with Gasteiger partial charge in [0.05, 0.1) is 17.4 Å². The highest BCUT2D eigenvalue weighted by Gasteiger charge is 2.21. The van der Waals surface area contributed by atoms with Gasteiger partial charge < -0.3 is 15.1 Å². The van der Waals surface area contributed by atoms with Gasteiger partial charge in [0.25, 0.3) is 5.91 Å². The van der Waals surface area contributed by atoms with Gasteiger partial charge in [-0.25, -0.2) is 0 Å². The Kier molecular flexibility index (Phi) is 4.97. The van der Waals surface area contributed by atoms with Crippen molar-refractivity contribution in [1.29, 1.82) is 0 Å². The van der Waals surface area contributed by atoms with E-state index in [-0.39, 0.29) is 5.91 Å². The van der Waals surface area contributed by atoms with Crippen molar-refractivity contribution in [3.8, 4) is 0 Å². The highest BCUT2D eigenvalue weighted by atomic mass is 16.2. The van der Waals surface area contributed by atoms with E-state index in [0.717, 1.165) is 23.3 Å². The number of benzene rings is 1. The van der Waals surface area contributed by atoms with Crippen LogP contribution < -0.4 is 5.32 Å². The van der Waals surface area contributed by atoms with Crippen LogP contribution in [0, 0.1) is 13.8 Å². The number of carbonyl (C=O) groups excluding carboxylic acids is 2. The van der Waals surface area contributed by atoms with E-state index >= 15 is 0 Å². The summed E-state index contributed by atoms with van der Waals surface area (Å²) in [6.45, 7) is 6.32. The molecule has 1 N–H and O–H groups in total. The molecule has 1 aliphatic heterocycles. The SMILES string of the molecule is Cc1ccc(C)c(Nc2cncc(C(=O)N3CCN(C=O)CC3)c2)c1. The van der Waals surface area contributed by atoms with E-state index in [9.17, 15) is 9.59 Å². The van der Waals surface area contributed by atoms with E-state index in [2.05, 4.69) is 28.5 Å². The number of nitrogens with zero attached hydrogens (tertiary/aromatic N) is 3. The molecule has 3 rings (SSSR count). The Balaban J connectivity index is 1.74. The van der Waals surface area contributed by atoms with E-state index in [0.29, 0.717) is 31.7 Å². The van der Waals surface area contributed by atoms with Crippen LogP contribution >= 0.6 is 0 Å². The summed E-state index contributed by atoms with van der Waals surface area (Å²) in [6.07, 6.45) is 4.13. The fourth-order valence-electron chi connectivity index (χ4n) is 2.86. The number of carbonyl (C=O) groups is 2. The summed E-state index contributed by atoms with van der Waals surface area (Å²) in [5.74, 6) is -0.0531. The lowest BCUT2D eigenvalue weighted by atomic mass is 10.1. The minimum atomic E-state index is -0.0531. The molecule has 0 spiro atoms. The van der Waals surface area contributed by atoms with Gasteiger partial charge in [0.15, 0.2) is 0 Å². The lowest BCUT2D eigenvalue weighted by Gasteiger charge is -2.32. The van der Waals surface area contributed by atoms with Crippen LogP contribution in [-0.4, -0.2) is 53.3 Å². The summed E-state index contributed by atoms with van der Waals surface area (Å²) in [7, 11) is 0. The predicted molar refractivity (Wildman–Crippen MR) is 97.0 cm³/mol. The molecular weight excluding hydrogens is 316 g/mol. The molecule has 1 aromatic heterocycles. The summed E-state index contributed by atoms with van der Waals surface area (Å²) in [5, 5.41) is 3.34. The van der Waals surface area contributed by atoms with Crippen molar-refractivity contribution in [2.24, 2.45) is 0 Å². The zero-order chi connectivity index (χ0) is 17.8. The first-order valence-corrected chi connectivity index (χ1v) is 8.35. The third-order valence-corrected chi connectivity index (χ3v) is 4.41. The number of rotatable bonds is 4. The molecule has 2 heterocycles. The zero-order valence-electron chi connectivity index (χ0n) is 14.5. The van der Waals surface area contributed by atoms with Crippen LogP contribution in [0.3, 0.4) is 0 Å². The molecule has 1 aromatic carbocycles. The topological polar surface area (TPSA) is 65.5 Å². The van der Waals surface area contributed by atoms with Crippen molar-refractivity contribution in [3.05, 3.63) is 53.3 Å². The molecule has 0 atom stereocenters. The van der Waals surface area contributed by atoms with Gasteiger partial charge in [-0.1, -0.05) is 12.1 Å². The van der Waals surface area contributed by atoms with Crippen molar-refractivity contribution in [2.45, 2.75) is 13.8 Å². The predicted octanol–water partition coefficient (Wildman–Crippen LogP) is 2.36. The smallest absolute Gasteiger partial charge is 0.255 e. The number of anilines is 2. The van der Waals surface area contributed by atoms with Crippen molar-refractivity contribution in [1.82, 2.24) is 14.8 Å². The minimum Gasteiger partial charge on any atom is -0.354 e. The second kappa shape index (κ2) is 7.34. The standard InChI is InChI=1S/C19H22N4O2/c1-14-3-4-15(2)18(9-14)21-17-10-16(11-20-12-17)19(25)23-7-5-22(13-24)6-8-23/h3-4,9-13,21H,5-8H2,1-2H3. The Bertz CT molecular complexity index is 783. The van der Waals surface area contributed by atoms with Crippen molar-refractivity contribution in [3.63, 3.8) is 0 Å². The monoisotopic (exact) mass is 338 g/mol. The maximum Gasteiger partial charge on any atom is 0.255 e. The minimum absolute atomic E-state index is 0.0531. The largest absolute Gasteiger partial charge is 0.354 e. The molecule has 6 heteroatoms. The normalized spacial score (nSPS) is 14.3. The number of pyridine rings is 1. The van der Waals surface area contributed by atoms with Gasteiger partial charge in [0.2, 0.25) is 6.41 Å². The average Bonchev–Trinajstić information content (AvgIpc) is 2.64. The van der Waals surface area contributed by atoms with Gasteiger partial charge in [0.1, 0.15) is 0 Å². The molecule has 130 valence electrons. The average molecular weight is 338 g/mol. The molecule has 1 fully saturated rings. The van der Waals surface area contributed by atoms with E-state index in [4.69, 9.17) is 0 Å². The fraction of sp³-hybridized carbons (Fsp3) is 0.316. The quantitative estimate of drug-likeness (QED) is 0.869. The lowest BCUT2D eigenvalue weighted by molar-refractivity contribution is -0.119. The Hall–Kier alpha value is -2.89. The summed E-state index contributed by atoms with van der Waals surface area (Å²) in [6, 6.07) is 8.02. The maximum atomic E-state index is 12.7. The molecule has 1 saturated heterocycles. The summed E-state index contributed by atoms with van der Waals surface area (Å²) in [5.41, 5.74) is 4.64. The van der Waals surface area contributed by atoms with Crippen molar-refractivity contribution >= 4 is 23.7 Å². The van der Waals surface area contributed by atoms with Crippen LogP contribution in [0.2, 0.25) is 0 Å². The third-order valence-electron chi connectivity index (χ3n) is 4.41. The van der Waals surface area contributed by atoms with Crippen molar-refractivity contribution in [2.75, 3.05) is 31.5 Å². The zero-order valence-corrected chi connectivity index (χ0v) is 14.5. The number of aromatic nitrogens is 1. The van der Waals surface area contributed by atoms with Crippen LogP contribution in [0.4, 0.5) is 11.4 Å². The van der Waals surface area contributed by atoms with Gasteiger partial charge in [-0.3, -0.25) is 14.6 Å². The number of amides is 2. The van der Waals surface area contributed by atoms with E-state index in [1.165, 1.54) is 5.56 Å². The number of hydrogen-bond acceptors (Lipinski definition) is 4.